The SMILES string of the molecule is CCC(CC)(CN)C(=O)N(C)CC(=O)N1CCNCC1.Cl.Cl. The molecule has 0 saturated carbocycles. The molecule has 0 atom stereocenters. The Hall–Kier alpha value is -0.560. The van der Waals surface area contributed by atoms with Gasteiger partial charge in [0, 0.05) is 39.8 Å². The van der Waals surface area contributed by atoms with Crippen LogP contribution in [0.4, 0.5) is 0 Å². The number of rotatable bonds is 6. The lowest BCUT2D eigenvalue weighted by Gasteiger charge is -2.34. The van der Waals surface area contributed by atoms with Crippen LogP contribution in [0, 0.1) is 5.41 Å². The van der Waals surface area contributed by atoms with Gasteiger partial charge in [0.15, 0.2) is 0 Å². The Morgan fingerprint density at radius 3 is 2.09 bits per heavy atom. The van der Waals surface area contributed by atoms with E-state index < -0.39 is 5.41 Å². The predicted molar refractivity (Wildman–Crippen MR) is 93.7 cm³/mol. The third-order valence-electron chi connectivity index (χ3n) is 4.39. The van der Waals surface area contributed by atoms with Crippen molar-refractivity contribution in [3.8, 4) is 0 Å². The highest BCUT2D eigenvalue weighted by atomic mass is 35.5. The number of nitrogens with two attached hydrogens (primary N) is 1. The zero-order valence-electron chi connectivity index (χ0n) is 13.8. The molecule has 3 N–H and O–H groups in total. The molecule has 6 nitrogen and oxygen atoms in total. The fourth-order valence-electron chi connectivity index (χ4n) is 2.62. The summed E-state index contributed by atoms with van der Waals surface area (Å²) in [5, 5.41) is 3.21. The molecule has 1 fully saturated rings. The number of nitrogens with zero attached hydrogens (tertiary/aromatic N) is 2. The van der Waals surface area contributed by atoms with Gasteiger partial charge in [-0.3, -0.25) is 9.59 Å². The summed E-state index contributed by atoms with van der Waals surface area (Å²) in [5.41, 5.74) is 5.26. The smallest absolute Gasteiger partial charge is 0.242 e. The number of halogens is 2. The Balaban J connectivity index is 0. The van der Waals surface area contributed by atoms with Crippen LogP contribution in [0.1, 0.15) is 26.7 Å². The quantitative estimate of drug-likeness (QED) is 0.725. The van der Waals surface area contributed by atoms with Gasteiger partial charge in [0.05, 0.1) is 12.0 Å². The van der Waals surface area contributed by atoms with Crippen molar-refractivity contribution >= 4 is 36.6 Å². The Kier molecular flexibility index (Phi) is 11.9. The highest BCUT2D eigenvalue weighted by molar-refractivity contribution is 5.88. The average molecular weight is 357 g/mol. The largest absolute Gasteiger partial charge is 0.339 e. The van der Waals surface area contributed by atoms with E-state index in [-0.39, 0.29) is 43.2 Å². The maximum Gasteiger partial charge on any atom is 0.242 e. The fraction of sp³-hybridized carbons (Fsp3) is 0.857. The summed E-state index contributed by atoms with van der Waals surface area (Å²) in [6.07, 6.45) is 1.40. The van der Waals surface area contributed by atoms with Gasteiger partial charge < -0.3 is 20.9 Å². The van der Waals surface area contributed by atoms with E-state index in [4.69, 9.17) is 5.73 Å². The lowest BCUT2D eigenvalue weighted by molar-refractivity contribution is -0.146. The Labute approximate surface area is 146 Å². The van der Waals surface area contributed by atoms with E-state index in [1.54, 1.807) is 7.05 Å². The molecule has 2 amide bonds. The van der Waals surface area contributed by atoms with Crippen LogP contribution >= 0.6 is 24.8 Å². The van der Waals surface area contributed by atoms with E-state index in [1.165, 1.54) is 4.90 Å². The van der Waals surface area contributed by atoms with Crippen LogP contribution < -0.4 is 11.1 Å². The van der Waals surface area contributed by atoms with Crippen LogP contribution in [0.2, 0.25) is 0 Å². The normalized spacial score (nSPS) is 14.6. The van der Waals surface area contributed by atoms with E-state index in [9.17, 15) is 9.59 Å². The van der Waals surface area contributed by atoms with Gasteiger partial charge in [0.25, 0.3) is 0 Å². The van der Waals surface area contributed by atoms with Gasteiger partial charge in [-0.15, -0.1) is 24.8 Å². The van der Waals surface area contributed by atoms with E-state index in [0.717, 1.165) is 13.1 Å². The molecule has 0 aliphatic carbocycles. The molecule has 8 heteroatoms. The van der Waals surface area contributed by atoms with Crippen LogP contribution in [0.15, 0.2) is 0 Å². The molecule has 0 radical (unpaired) electrons. The van der Waals surface area contributed by atoms with Crippen molar-refractivity contribution in [3.05, 3.63) is 0 Å². The highest BCUT2D eigenvalue weighted by Gasteiger charge is 2.36. The molecule has 1 saturated heterocycles. The van der Waals surface area contributed by atoms with E-state index in [1.807, 2.05) is 18.7 Å². The lowest BCUT2D eigenvalue weighted by Crippen LogP contribution is -2.52. The zero-order valence-corrected chi connectivity index (χ0v) is 15.4. The molecule has 1 aliphatic rings. The first-order valence-corrected chi connectivity index (χ1v) is 7.45. The molecular formula is C14H30Cl2N4O2. The number of likely N-dealkylation sites (N-methyl/N-ethyl adjacent to an activating group) is 1. The molecule has 0 aromatic heterocycles. The summed E-state index contributed by atoms with van der Waals surface area (Å²) in [6, 6.07) is 0. The third-order valence-corrected chi connectivity index (χ3v) is 4.39. The summed E-state index contributed by atoms with van der Waals surface area (Å²) in [7, 11) is 1.69. The highest BCUT2D eigenvalue weighted by Crippen LogP contribution is 2.27. The summed E-state index contributed by atoms with van der Waals surface area (Å²) < 4.78 is 0. The number of carbonyl (C=O) groups excluding carboxylic acids is 2. The maximum atomic E-state index is 12.5. The van der Waals surface area contributed by atoms with Gasteiger partial charge in [-0.05, 0) is 12.8 Å². The number of hydrogen-bond donors (Lipinski definition) is 2. The minimum atomic E-state index is -0.529. The molecule has 0 unspecified atom stereocenters. The second kappa shape index (κ2) is 11.0. The van der Waals surface area contributed by atoms with Crippen LogP contribution in [-0.4, -0.2) is 67.9 Å². The van der Waals surface area contributed by atoms with E-state index in [2.05, 4.69) is 5.32 Å². The Bertz CT molecular complexity index is 337. The van der Waals surface area contributed by atoms with Crippen molar-refractivity contribution in [2.75, 3.05) is 46.3 Å². The molecular weight excluding hydrogens is 327 g/mol. The first kappa shape index (κ1) is 23.7. The van der Waals surface area contributed by atoms with Crippen molar-refractivity contribution in [3.63, 3.8) is 0 Å². The van der Waals surface area contributed by atoms with E-state index in [0.29, 0.717) is 32.5 Å². The molecule has 0 bridgehead atoms. The molecule has 132 valence electrons. The topological polar surface area (TPSA) is 78.7 Å². The van der Waals surface area contributed by atoms with Crippen molar-refractivity contribution < 1.29 is 9.59 Å². The first-order chi connectivity index (χ1) is 9.50. The van der Waals surface area contributed by atoms with Crippen LogP contribution in [0.5, 0.6) is 0 Å². The Morgan fingerprint density at radius 2 is 1.68 bits per heavy atom. The van der Waals surface area contributed by atoms with Gasteiger partial charge in [0.2, 0.25) is 11.8 Å². The van der Waals surface area contributed by atoms with Crippen molar-refractivity contribution in [2.24, 2.45) is 11.1 Å². The number of nitrogens with one attached hydrogen (secondary N) is 1. The van der Waals surface area contributed by atoms with Crippen molar-refractivity contribution in [1.29, 1.82) is 0 Å². The van der Waals surface area contributed by atoms with E-state index >= 15 is 0 Å². The summed E-state index contributed by atoms with van der Waals surface area (Å²) in [4.78, 5) is 28.1. The standard InChI is InChI=1S/C14H28N4O2.2ClH/c1-4-14(5-2,11-15)13(20)17(3)10-12(19)18-8-6-16-7-9-18;;/h16H,4-11,15H2,1-3H3;2*1H. The summed E-state index contributed by atoms with van der Waals surface area (Å²) in [6.45, 7) is 7.47. The fourth-order valence-corrected chi connectivity index (χ4v) is 2.62. The number of piperazine rings is 1. The van der Waals surface area contributed by atoms with Crippen LogP contribution in [-0.2, 0) is 9.59 Å². The number of amides is 2. The zero-order chi connectivity index (χ0) is 15.2. The number of hydrogen-bond acceptors (Lipinski definition) is 4. The van der Waals surface area contributed by atoms with Crippen LogP contribution in [0.25, 0.3) is 0 Å². The Morgan fingerprint density at radius 1 is 1.18 bits per heavy atom. The molecule has 0 aromatic rings. The second-order valence-electron chi connectivity index (χ2n) is 5.48. The number of carbonyl (C=O) groups is 2. The lowest BCUT2D eigenvalue weighted by atomic mass is 9.81. The molecule has 0 aromatic carbocycles. The van der Waals surface area contributed by atoms with Gasteiger partial charge in [-0.25, -0.2) is 0 Å². The van der Waals surface area contributed by atoms with Gasteiger partial charge in [-0.2, -0.15) is 0 Å². The summed E-state index contributed by atoms with van der Waals surface area (Å²) >= 11 is 0. The first-order valence-electron chi connectivity index (χ1n) is 7.45. The average Bonchev–Trinajstić information content (AvgIpc) is 2.50. The summed E-state index contributed by atoms with van der Waals surface area (Å²) in [5.74, 6) is -0.00559. The molecule has 1 rings (SSSR count). The van der Waals surface area contributed by atoms with Gasteiger partial charge in [-0.1, -0.05) is 13.8 Å². The van der Waals surface area contributed by atoms with Gasteiger partial charge >= 0.3 is 0 Å². The molecule has 1 heterocycles. The monoisotopic (exact) mass is 356 g/mol. The molecule has 0 spiro atoms. The minimum Gasteiger partial charge on any atom is -0.339 e. The maximum absolute atomic E-state index is 12.5. The molecule has 1 aliphatic heterocycles. The van der Waals surface area contributed by atoms with Crippen molar-refractivity contribution in [2.45, 2.75) is 26.7 Å². The molecule has 22 heavy (non-hydrogen) atoms. The van der Waals surface area contributed by atoms with Crippen molar-refractivity contribution in [1.82, 2.24) is 15.1 Å². The minimum absolute atomic E-state index is 0. The van der Waals surface area contributed by atoms with Gasteiger partial charge in [0.1, 0.15) is 0 Å². The predicted octanol–water partition coefficient (Wildman–Crippen LogP) is 0.485. The van der Waals surface area contributed by atoms with Crippen LogP contribution in [0.3, 0.4) is 0 Å². The third kappa shape index (κ3) is 5.57. The second-order valence-corrected chi connectivity index (χ2v) is 5.48.